The Morgan fingerprint density at radius 1 is 0.580 bits per heavy atom. The number of likely N-dealkylation sites (tertiary alicyclic amines) is 2. The van der Waals surface area contributed by atoms with E-state index < -0.39 is 81.7 Å². The molecule has 4 N–H and O–H groups in total. The van der Waals surface area contributed by atoms with E-state index in [9.17, 15) is 53.7 Å². The van der Waals surface area contributed by atoms with E-state index in [2.05, 4.69) is 43.0 Å². The number of aromatic nitrogens is 6. The number of ketones is 2. The number of Topliss-reactive ketones (excluding diaryl/α,β-unsaturated/α-hetero) is 2. The van der Waals surface area contributed by atoms with E-state index in [4.69, 9.17) is 50.4 Å². The van der Waals surface area contributed by atoms with Crippen LogP contribution in [0.2, 0.25) is 5.02 Å². The minimum absolute atomic E-state index is 0.0140. The predicted octanol–water partition coefficient (Wildman–Crippen LogP) is 13.4. The van der Waals surface area contributed by atoms with Crippen LogP contribution in [-0.4, -0.2) is 222 Å². The molecule has 8 aliphatic rings. The summed E-state index contributed by atoms with van der Waals surface area (Å²) in [6.45, 7) is 26.5. The molecule has 4 aromatic heterocycles. The van der Waals surface area contributed by atoms with Gasteiger partial charge in [-0.3, -0.25) is 38.4 Å². The number of esters is 2. The van der Waals surface area contributed by atoms with Gasteiger partial charge in [0.2, 0.25) is 11.8 Å². The third kappa shape index (κ3) is 21.9. The molecule has 0 radical (unpaired) electrons. The van der Waals surface area contributed by atoms with Crippen LogP contribution in [0.15, 0.2) is 73.1 Å². The molecule has 3 unspecified atom stereocenters. The highest BCUT2D eigenvalue weighted by Crippen LogP contribution is 2.60. The van der Waals surface area contributed by atoms with Crippen LogP contribution >= 0.6 is 11.6 Å². The van der Waals surface area contributed by atoms with E-state index >= 15 is 0 Å². The lowest BCUT2D eigenvalue weighted by atomic mass is 9.77. The summed E-state index contributed by atoms with van der Waals surface area (Å²) in [6.07, 6.45) is 11.0. The molecule has 6 heterocycles. The van der Waals surface area contributed by atoms with Crippen LogP contribution in [0.4, 0.5) is 5.82 Å². The molecule has 119 heavy (non-hydrogen) atoms. The maximum absolute atomic E-state index is 14.8. The zero-order valence-electron chi connectivity index (χ0n) is 72.4. The zero-order chi connectivity index (χ0) is 86.1. The van der Waals surface area contributed by atoms with Gasteiger partial charge in [0.05, 0.1) is 82.0 Å². The number of anilines is 1. The van der Waals surface area contributed by atoms with Crippen molar-refractivity contribution in [3.05, 3.63) is 83.8 Å². The van der Waals surface area contributed by atoms with Crippen molar-refractivity contribution in [2.24, 2.45) is 74.9 Å². The van der Waals surface area contributed by atoms with E-state index in [1.807, 2.05) is 162 Å². The van der Waals surface area contributed by atoms with E-state index in [1.54, 1.807) is 14.3 Å². The van der Waals surface area contributed by atoms with Crippen molar-refractivity contribution in [2.75, 3.05) is 72.9 Å². The monoisotopic (exact) mass is 1660 g/mol. The zero-order valence-corrected chi connectivity index (χ0v) is 73.2. The number of hydrogen-bond donors (Lipinski definition) is 4. The number of amides is 2. The first-order valence-corrected chi connectivity index (χ1v) is 43.4. The Bertz CT molecular complexity index is 4660. The molecule has 14 rings (SSSR count). The number of aliphatic hydroxyl groups excluding tert-OH is 1. The number of carboxylic acid groups (broad SMARTS) is 2. The Labute approximate surface area is 704 Å². The van der Waals surface area contributed by atoms with Crippen molar-refractivity contribution in [1.29, 1.82) is 0 Å². The second-order valence-electron chi connectivity index (χ2n) is 38.5. The lowest BCUT2D eigenvalue weighted by molar-refractivity contribution is -0.157. The number of rotatable bonds is 34. The molecular weight excluding hydrogens is 1540 g/mol. The van der Waals surface area contributed by atoms with Crippen LogP contribution in [0.25, 0.3) is 33.4 Å². The lowest BCUT2D eigenvalue weighted by Gasteiger charge is -2.35. The van der Waals surface area contributed by atoms with E-state index in [-0.39, 0.29) is 99.0 Å². The smallest absolute Gasteiger partial charge is 0.310 e. The minimum atomic E-state index is -1.13. The van der Waals surface area contributed by atoms with Gasteiger partial charge in [0.15, 0.2) is 23.2 Å². The van der Waals surface area contributed by atoms with Gasteiger partial charge in [0, 0.05) is 105 Å². The van der Waals surface area contributed by atoms with E-state index in [1.165, 1.54) is 17.7 Å². The third-order valence-electron chi connectivity index (χ3n) is 25.7. The van der Waals surface area contributed by atoms with Gasteiger partial charge in [-0.1, -0.05) is 93.7 Å². The molecule has 2 aromatic carbocycles. The van der Waals surface area contributed by atoms with Gasteiger partial charge in [-0.2, -0.15) is 5.10 Å². The average Bonchev–Trinajstić information content (AvgIpc) is 1.56. The number of carbonyl (C=O) groups excluding carboxylic acids is 6. The predicted molar refractivity (Wildman–Crippen MR) is 452 cm³/mol. The number of carbonyl (C=O) groups is 8. The summed E-state index contributed by atoms with van der Waals surface area (Å²) in [5, 5.41) is 45.2. The molecule has 6 saturated carbocycles. The number of hydrogen-bond acceptors (Lipinski definition) is 21. The largest absolute Gasteiger partial charge is 0.492 e. The summed E-state index contributed by atoms with van der Waals surface area (Å²) in [5.74, 6) is 1.44. The van der Waals surface area contributed by atoms with Crippen LogP contribution in [0.1, 0.15) is 192 Å². The molecule has 28 heteroatoms. The summed E-state index contributed by atoms with van der Waals surface area (Å²) in [6, 6.07) is 17.5. The number of nitrogens with one attached hydrogen (secondary N) is 1. The van der Waals surface area contributed by atoms with Crippen molar-refractivity contribution in [3.63, 3.8) is 0 Å². The van der Waals surface area contributed by atoms with Gasteiger partial charge >= 0.3 is 23.9 Å². The molecule has 0 bridgehead atoms. The second-order valence-corrected chi connectivity index (χ2v) is 38.9. The third-order valence-corrected chi connectivity index (χ3v) is 26.0. The Balaban J connectivity index is 0.000000182. The summed E-state index contributed by atoms with van der Waals surface area (Å²) < 4.78 is 33.7. The number of β-amino-alcohol motifs (C(OH)–C–C–N with tert-alkyl or cyclic N) is 1. The number of carboxylic acids is 2. The summed E-state index contributed by atoms with van der Waals surface area (Å²) in [7, 11) is 8.01. The fraction of sp³-hybridized carbons (Fsp3) is 0.648. The molecule has 16 atom stereocenters. The van der Waals surface area contributed by atoms with Gasteiger partial charge in [0.1, 0.15) is 54.6 Å². The highest BCUT2D eigenvalue weighted by molar-refractivity contribution is 6.35. The number of ether oxygens (including phenoxy) is 5. The van der Waals surface area contributed by atoms with Gasteiger partial charge in [0.25, 0.3) is 0 Å². The number of aliphatic carboxylic acids is 2. The average molecular weight is 1670 g/mol. The Hall–Kier alpha value is -8.79. The number of aliphatic hydroxyl groups is 1. The van der Waals surface area contributed by atoms with Crippen molar-refractivity contribution < 1.29 is 77.4 Å². The number of benzene rings is 2. The van der Waals surface area contributed by atoms with Crippen molar-refractivity contribution in [3.8, 4) is 28.9 Å². The van der Waals surface area contributed by atoms with Crippen molar-refractivity contribution in [2.45, 2.75) is 235 Å². The highest BCUT2D eigenvalue weighted by atomic mass is 35.5. The fourth-order valence-electron chi connectivity index (χ4n) is 18.4. The number of halogens is 1. The molecule has 2 amide bonds. The molecule has 2 aliphatic heterocycles. The topological polar surface area (TPSA) is 330 Å². The molecule has 648 valence electrons. The van der Waals surface area contributed by atoms with Gasteiger partial charge in [-0.25, -0.2) is 19.3 Å². The van der Waals surface area contributed by atoms with E-state index in [0.29, 0.717) is 108 Å². The van der Waals surface area contributed by atoms with Gasteiger partial charge in [-0.15, -0.1) is 5.10 Å². The SMILES string of the molecule is CC(C)Nc1ccn(-c2cc(Cl)c3ccc(OCCN(C)C)cc3n2)n1.CC[C@@H]1C[C@]1(CC(=O)[C@@H]1CC(O)CN1C(=O)[C@@H](CC(=O)OC1C[C@@H]2C[C@@H]2C1)C(C)(C)C)C(=O)O.CC[C@@H]1C[C@]1(CC(=O)[C@@H]1C[C@@H](Oc2cc(-n3ccc(CC(C)C)n3)nc3cc(OCCN(C)C)ccc23)CN1C(=O)[C@@H](CC(=O)OC1C[C@@H]2C[C@@H]2C1)C(C)(C)C)C(=O)O. The van der Waals surface area contributed by atoms with Crippen LogP contribution in [0.5, 0.6) is 17.2 Å². The Morgan fingerprint density at radius 2 is 1.04 bits per heavy atom. The quantitative estimate of drug-likeness (QED) is 0.0273. The fourth-order valence-corrected chi connectivity index (χ4v) is 18.6. The Morgan fingerprint density at radius 3 is 1.50 bits per heavy atom. The standard InChI is InChI=1S/C46H63N5O8.C26H39NO7.C19H24ClN5O/c1-9-30-24-46(30,44(55)56)25-39(52)38-21-34(26-50(38)43(54)36(45(4,5)6)22-42(53)59-33-18-28-17-29(28)19-33)58-40-23-41(51-13-12-31(48-51)16-27(2)3)47-37-20-32(10-11-35(37)40)57-15-14-49(7)8;1-5-16-11-26(16,24(32)33)12-21(29)20-9-17(28)13-27(20)23(31)19(25(2,3)4)10-22(30)34-18-7-14-6-15(14)8-18;1-13(2)21-18-7-8-25(23-18)19-12-16(20)15-6-5-14(11-17(15)22-19)26-10-9-24(3)4/h10-13,20,23,27-30,33-34,36,38H,9,14-19,21-22,24-26H2,1-8H3,(H,55,56);14-20,28H,5-13H2,1-4H3,(H,32,33);5-8,11-13H,9-10H2,1-4H3,(H,21,23)/t28-,29+,30-,33?,34-,36-,38+,46-;14-,15+,16-,17?,18?,19-,20+,26-;/m11./s1. The first-order chi connectivity index (χ1) is 56.2. The van der Waals surface area contributed by atoms with Crippen LogP contribution in [0.3, 0.4) is 0 Å². The summed E-state index contributed by atoms with van der Waals surface area (Å²) >= 11 is 6.46. The molecule has 8 fully saturated rings. The van der Waals surface area contributed by atoms with Gasteiger partial charge < -0.3 is 63.9 Å². The first-order valence-electron chi connectivity index (χ1n) is 43.1. The molecule has 0 spiro atoms. The molecule has 6 aliphatic carbocycles. The van der Waals surface area contributed by atoms with Crippen LogP contribution < -0.4 is 19.5 Å². The molecule has 6 aromatic rings. The maximum atomic E-state index is 14.8. The van der Waals surface area contributed by atoms with Crippen molar-refractivity contribution in [1.82, 2.24) is 49.1 Å². The summed E-state index contributed by atoms with van der Waals surface area (Å²) in [4.78, 5) is 123. The first kappa shape index (κ1) is 89.5. The lowest BCUT2D eigenvalue weighted by Crippen LogP contribution is -2.48. The summed E-state index contributed by atoms with van der Waals surface area (Å²) in [5.41, 5.74) is -1.02. The number of fused-ring (bicyclic) bond motifs is 4. The highest BCUT2D eigenvalue weighted by Gasteiger charge is 2.63. The van der Waals surface area contributed by atoms with Crippen LogP contribution in [0, 0.1) is 74.9 Å². The van der Waals surface area contributed by atoms with Crippen molar-refractivity contribution >= 4 is 86.5 Å². The number of nitrogens with zero attached hydrogens (tertiary/aromatic N) is 10. The number of likely N-dealkylation sites (N-methyl/N-ethyl adjacent to an activating group) is 2. The van der Waals surface area contributed by atoms with E-state index in [0.717, 1.165) is 78.7 Å². The Kier molecular flexibility index (Phi) is 27.7. The molecule has 2 saturated heterocycles. The maximum Gasteiger partial charge on any atom is 0.310 e. The second kappa shape index (κ2) is 36.9. The molecular formula is C91H126ClN11O16. The van der Waals surface area contributed by atoms with Crippen LogP contribution in [-0.2, 0) is 54.3 Å². The molecule has 27 nitrogen and oxygen atoms in total. The van der Waals surface area contributed by atoms with Gasteiger partial charge in [-0.05, 0) is 182 Å². The normalized spacial score (nSPS) is 26.3. The minimum Gasteiger partial charge on any atom is -0.492 e. The number of pyridine rings is 2.